The largest absolute Gasteiger partial charge is 0.386 e. The van der Waals surface area contributed by atoms with Crippen molar-refractivity contribution in [3.63, 3.8) is 0 Å². The summed E-state index contributed by atoms with van der Waals surface area (Å²) in [6.45, 7) is 17.5. The number of aliphatic imine (C=N–C) groups is 1. The minimum Gasteiger partial charge on any atom is -0.386 e. The number of aryl methyl sites for hydroxylation is 1. The summed E-state index contributed by atoms with van der Waals surface area (Å²) in [5, 5.41) is 3.25. The summed E-state index contributed by atoms with van der Waals surface area (Å²) in [6, 6.07) is 20.0. The van der Waals surface area contributed by atoms with Gasteiger partial charge in [0.05, 0.1) is 11.4 Å². The molecule has 4 nitrogen and oxygen atoms in total. The molecule has 0 unspecified atom stereocenters. The Hall–Kier alpha value is -3.76. The molecule has 3 aromatic rings. The number of fused-ring (bicyclic) bond motifs is 2. The molecule has 1 N–H and O–H groups in total. The Morgan fingerprint density at radius 2 is 1.93 bits per heavy atom. The summed E-state index contributed by atoms with van der Waals surface area (Å²) in [4.78, 5) is 20.8. The van der Waals surface area contributed by atoms with Crippen LogP contribution in [0.25, 0.3) is 5.57 Å². The number of rotatable bonds is 10. The highest BCUT2D eigenvalue weighted by Gasteiger charge is 2.43. The van der Waals surface area contributed by atoms with Crippen molar-refractivity contribution >= 4 is 29.4 Å². The van der Waals surface area contributed by atoms with E-state index in [0.717, 1.165) is 59.7 Å². The molecule has 0 aromatic heterocycles. The van der Waals surface area contributed by atoms with Gasteiger partial charge in [0, 0.05) is 57.9 Å². The fourth-order valence-electron chi connectivity index (χ4n) is 7.19. The number of anilines is 1. The zero-order valence-electron chi connectivity index (χ0n) is 26.4. The lowest BCUT2D eigenvalue weighted by Crippen LogP contribution is -2.33. The van der Waals surface area contributed by atoms with Crippen LogP contribution in [0, 0.1) is 38.0 Å². The van der Waals surface area contributed by atoms with Gasteiger partial charge in [-0.1, -0.05) is 81.0 Å². The van der Waals surface area contributed by atoms with Crippen LogP contribution in [0.15, 0.2) is 76.8 Å². The number of hydrogen-bond acceptors (Lipinski definition) is 4. The lowest BCUT2D eigenvalue weighted by Gasteiger charge is -2.36. The van der Waals surface area contributed by atoms with Crippen LogP contribution in [0.1, 0.15) is 73.5 Å². The van der Waals surface area contributed by atoms with E-state index in [1.54, 1.807) is 0 Å². The van der Waals surface area contributed by atoms with Gasteiger partial charge in [-0.25, -0.2) is 0 Å². The van der Waals surface area contributed by atoms with Gasteiger partial charge in [0.15, 0.2) is 5.78 Å². The molecule has 6 rings (SSSR count). The number of carbonyl (C=O) groups is 1. The third-order valence-corrected chi connectivity index (χ3v) is 9.85. The van der Waals surface area contributed by atoms with Gasteiger partial charge >= 0.3 is 0 Å². The number of ketones is 1. The van der Waals surface area contributed by atoms with Crippen LogP contribution in [-0.4, -0.2) is 31.0 Å². The molecule has 43 heavy (non-hydrogen) atoms. The standard InChI is InChI=1S/C39H43N3O.H2/c1-8-26-21-42(22-29-11-9-10-12-32(29)34-20-33(26)34)23-30-19-28(14-13-24(30)2)36(39(4,5)38(43)27-15-16-27)31-17-18-35(40-6)37(41-7)25(31)3;/h9-20,26,36,40H,7-8,21-23H2,1-6H3;1H/t26-,36+;/m1./s1. The summed E-state index contributed by atoms with van der Waals surface area (Å²) in [6.07, 6.45) is 7.39. The molecule has 2 radical (unpaired) electrons. The van der Waals surface area contributed by atoms with Crippen LogP contribution in [-0.2, 0) is 17.9 Å². The van der Waals surface area contributed by atoms with Crippen LogP contribution in [0.4, 0.5) is 11.4 Å². The van der Waals surface area contributed by atoms with E-state index in [4.69, 9.17) is 0 Å². The maximum atomic E-state index is 13.8. The van der Waals surface area contributed by atoms with E-state index in [1.165, 1.54) is 33.4 Å². The Morgan fingerprint density at radius 3 is 2.63 bits per heavy atom. The van der Waals surface area contributed by atoms with Crippen LogP contribution in [0.3, 0.4) is 0 Å². The van der Waals surface area contributed by atoms with Crippen molar-refractivity contribution in [2.75, 3.05) is 18.9 Å². The molecule has 3 aliphatic rings. The molecular formula is C39H45N3O. The summed E-state index contributed by atoms with van der Waals surface area (Å²) < 4.78 is 0. The van der Waals surface area contributed by atoms with Crippen molar-refractivity contribution in [1.29, 1.82) is 0 Å². The number of nitrogens with one attached hydrogen (secondary N) is 1. The highest BCUT2D eigenvalue weighted by atomic mass is 16.1. The van der Waals surface area contributed by atoms with E-state index in [0.29, 0.717) is 5.92 Å². The quantitative estimate of drug-likeness (QED) is 0.247. The molecule has 0 saturated heterocycles. The molecule has 2 aliphatic carbocycles. The lowest BCUT2D eigenvalue weighted by atomic mass is 9.67. The Labute approximate surface area is 259 Å². The molecule has 222 valence electrons. The minimum absolute atomic E-state index is 0. The Balaban J connectivity index is 0.00000384. The number of carbonyl (C=O) groups excluding carboxylic acids is 1. The SMILES string of the molecule is C=Nc1c(NC)ccc([C@H](c2ccc(C)c(CN3Cc4ccccc4C4=C([CH]4)[C@H](CC)C3)c2)C(C)(C)C(=O)C2=C[CH]2)c1C.[HH]. The van der Waals surface area contributed by atoms with Crippen molar-refractivity contribution in [3.05, 3.63) is 124 Å². The van der Waals surface area contributed by atoms with E-state index in [9.17, 15) is 4.79 Å². The second-order valence-corrected chi connectivity index (χ2v) is 13.0. The average molecular weight is 572 g/mol. The molecule has 0 saturated carbocycles. The van der Waals surface area contributed by atoms with Crippen LogP contribution in [0.5, 0.6) is 0 Å². The summed E-state index contributed by atoms with van der Waals surface area (Å²) in [7, 11) is 1.90. The molecule has 0 bridgehead atoms. The van der Waals surface area contributed by atoms with Gasteiger partial charge in [-0.15, -0.1) is 0 Å². The Bertz CT molecular complexity index is 1680. The first-order valence-corrected chi connectivity index (χ1v) is 15.5. The van der Waals surface area contributed by atoms with Crippen LogP contribution >= 0.6 is 0 Å². The van der Waals surface area contributed by atoms with E-state index >= 15 is 0 Å². The van der Waals surface area contributed by atoms with Crippen molar-refractivity contribution in [2.45, 2.75) is 60.0 Å². The first-order valence-electron chi connectivity index (χ1n) is 15.5. The van der Waals surface area contributed by atoms with E-state index in [1.807, 2.05) is 19.5 Å². The number of benzene rings is 3. The number of hydrogen-bond donors (Lipinski definition) is 1. The van der Waals surface area contributed by atoms with Crippen LogP contribution < -0.4 is 5.32 Å². The third kappa shape index (κ3) is 5.42. The molecule has 3 aromatic carbocycles. The third-order valence-electron chi connectivity index (χ3n) is 9.85. The number of nitrogens with zero attached hydrogens (tertiary/aromatic N) is 2. The van der Waals surface area contributed by atoms with E-state index < -0.39 is 5.41 Å². The fraction of sp³-hybridized carbons (Fsp3) is 0.333. The van der Waals surface area contributed by atoms with E-state index in [2.05, 4.69) is 118 Å². The molecule has 1 aliphatic heterocycles. The molecule has 2 atom stereocenters. The van der Waals surface area contributed by atoms with Crippen molar-refractivity contribution < 1.29 is 6.22 Å². The van der Waals surface area contributed by atoms with Gasteiger partial charge in [-0.2, -0.15) is 0 Å². The first-order chi connectivity index (χ1) is 20.7. The van der Waals surface area contributed by atoms with Gasteiger partial charge in [0.25, 0.3) is 0 Å². The van der Waals surface area contributed by atoms with Gasteiger partial charge in [-0.05, 0) is 83.5 Å². The first kappa shape index (κ1) is 29.3. The molecule has 0 fully saturated rings. The highest BCUT2D eigenvalue weighted by Crippen LogP contribution is 2.49. The van der Waals surface area contributed by atoms with Gasteiger partial charge in [0.2, 0.25) is 0 Å². The zero-order valence-corrected chi connectivity index (χ0v) is 26.4. The number of allylic oxidation sites excluding steroid dienone is 3. The second kappa shape index (κ2) is 11.4. The molecular weight excluding hydrogens is 526 g/mol. The normalized spacial score (nSPS) is 18.6. The van der Waals surface area contributed by atoms with E-state index in [-0.39, 0.29) is 13.1 Å². The molecule has 4 heteroatoms. The van der Waals surface area contributed by atoms with Crippen molar-refractivity contribution in [3.8, 4) is 0 Å². The Kier molecular flexibility index (Phi) is 7.76. The minimum atomic E-state index is -0.660. The molecule has 0 amide bonds. The van der Waals surface area contributed by atoms with Gasteiger partial charge in [0.1, 0.15) is 0 Å². The smallest absolute Gasteiger partial charge is 0.165 e. The second-order valence-electron chi connectivity index (χ2n) is 13.0. The predicted octanol–water partition coefficient (Wildman–Crippen LogP) is 8.81. The fourth-order valence-corrected chi connectivity index (χ4v) is 7.19. The van der Waals surface area contributed by atoms with Gasteiger partial charge < -0.3 is 5.32 Å². The summed E-state index contributed by atoms with van der Waals surface area (Å²) in [5.41, 5.74) is 13.7. The Morgan fingerprint density at radius 1 is 1.16 bits per heavy atom. The maximum absolute atomic E-state index is 13.8. The summed E-state index contributed by atoms with van der Waals surface area (Å²) >= 11 is 0. The lowest BCUT2D eigenvalue weighted by molar-refractivity contribution is -0.123. The maximum Gasteiger partial charge on any atom is 0.165 e. The molecule has 0 spiro atoms. The van der Waals surface area contributed by atoms with Gasteiger partial charge in [-0.3, -0.25) is 14.7 Å². The zero-order chi connectivity index (χ0) is 30.5. The van der Waals surface area contributed by atoms with Crippen molar-refractivity contribution in [2.24, 2.45) is 16.3 Å². The topological polar surface area (TPSA) is 44.7 Å². The summed E-state index contributed by atoms with van der Waals surface area (Å²) in [5.74, 6) is 0.587. The number of Topliss-reactive ketones (excluding diaryl/α,β-unsaturated/α-hetero) is 1. The predicted molar refractivity (Wildman–Crippen MR) is 182 cm³/mol. The monoisotopic (exact) mass is 571 g/mol. The highest BCUT2D eigenvalue weighted by molar-refractivity contribution is 6.07. The molecule has 1 heterocycles. The van der Waals surface area contributed by atoms with Crippen LogP contribution in [0.2, 0.25) is 0 Å². The average Bonchev–Trinajstić information content (AvgIpc) is 3.92. The van der Waals surface area contributed by atoms with Crippen molar-refractivity contribution in [1.82, 2.24) is 4.90 Å².